The predicted molar refractivity (Wildman–Crippen MR) is 71.0 cm³/mol. The Labute approximate surface area is 109 Å². The molecule has 2 rings (SSSR count). The Balaban J connectivity index is 1.93. The van der Waals surface area contributed by atoms with Crippen molar-refractivity contribution in [1.29, 1.82) is 0 Å². The number of nitrogens with one attached hydrogen (secondary N) is 1. The largest absolute Gasteiger partial charge is 0.300 e. The van der Waals surface area contributed by atoms with Gasteiger partial charge in [-0.1, -0.05) is 42.5 Å². The smallest absolute Gasteiger partial charge is 0.237 e. The minimum Gasteiger partial charge on any atom is -0.300 e. The van der Waals surface area contributed by atoms with E-state index in [1.54, 1.807) is 0 Å². The highest BCUT2D eigenvalue weighted by molar-refractivity contribution is 7.97. The molecule has 1 aliphatic rings. The average molecular weight is 272 g/mol. The Morgan fingerprint density at radius 3 is 2.88 bits per heavy atom. The lowest BCUT2D eigenvalue weighted by atomic mass is 9.90. The molecular formula is C10H16N4OS2. The molecule has 1 saturated carbocycles. The number of anilines is 1. The van der Waals surface area contributed by atoms with Crippen LogP contribution in [0.15, 0.2) is 0 Å². The number of hydrogen-bond acceptors (Lipinski definition) is 6. The molecule has 0 radical (unpaired) electrons. The summed E-state index contributed by atoms with van der Waals surface area (Å²) in [6.45, 7) is 0. The lowest BCUT2D eigenvalue weighted by Gasteiger charge is -2.18. The van der Waals surface area contributed by atoms with Crippen molar-refractivity contribution in [2.75, 3.05) is 11.1 Å². The minimum absolute atomic E-state index is 0.121. The average Bonchev–Trinajstić information content (AvgIpc) is 2.79. The van der Waals surface area contributed by atoms with E-state index in [-0.39, 0.29) is 11.7 Å². The molecule has 0 bridgehead atoms. The van der Waals surface area contributed by atoms with Crippen LogP contribution in [0.2, 0.25) is 0 Å². The van der Waals surface area contributed by atoms with E-state index in [1.807, 2.05) is 0 Å². The summed E-state index contributed by atoms with van der Waals surface area (Å²) in [6, 6.07) is 0. The SMILES string of the molecule is NSCC(=O)Nc1nnc(C2CCCCC2)s1. The molecule has 0 spiro atoms. The molecule has 0 aromatic carbocycles. The topological polar surface area (TPSA) is 80.9 Å². The predicted octanol–water partition coefficient (Wildman–Crippen LogP) is 2.13. The monoisotopic (exact) mass is 272 g/mol. The zero-order valence-corrected chi connectivity index (χ0v) is 11.1. The summed E-state index contributed by atoms with van der Waals surface area (Å²) in [7, 11) is 0. The fraction of sp³-hybridized carbons (Fsp3) is 0.700. The number of nitrogens with two attached hydrogens (primary N) is 1. The number of nitrogens with zero attached hydrogens (tertiary/aromatic N) is 2. The first-order valence-electron chi connectivity index (χ1n) is 5.74. The van der Waals surface area contributed by atoms with E-state index in [1.165, 1.54) is 43.4 Å². The highest BCUT2D eigenvalue weighted by atomic mass is 32.2. The summed E-state index contributed by atoms with van der Waals surface area (Å²) in [4.78, 5) is 11.3. The van der Waals surface area contributed by atoms with Gasteiger partial charge < -0.3 is 0 Å². The Hall–Kier alpha value is -0.660. The van der Waals surface area contributed by atoms with Crippen molar-refractivity contribution in [3.05, 3.63) is 5.01 Å². The van der Waals surface area contributed by atoms with Gasteiger partial charge in [0.05, 0.1) is 5.75 Å². The lowest BCUT2D eigenvalue weighted by Crippen LogP contribution is -2.14. The number of carbonyl (C=O) groups excluding carboxylic acids is 1. The number of aromatic nitrogens is 2. The van der Waals surface area contributed by atoms with E-state index in [0.29, 0.717) is 11.0 Å². The number of carbonyl (C=O) groups is 1. The van der Waals surface area contributed by atoms with Gasteiger partial charge in [-0.2, -0.15) is 0 Å². The first kappa shape index (κ1) is 12.8. The van der Waals surface area contributed by atoms with E-state index >= 15 is 0 Å². The van der Waals surface area contributed by atoms with Crippen LogP contribution in [0, 0.1) is 0 Å². The van der Waals surface area contributed by atoms with Crippen LogP contribution in [-0.4, -0.2) is 21.9 Å². The number of rotatable bonds is 4. The maximum Gasteiger partial charge on any atom is 0.237 e. The first-order valence-corrected chi connectivity index (χ1v) is 7.61. The van der Waals surface area contributed by atoms with Gasteiger partial charge in [0.2, 0.25) is 11.0 Å². The van der Waals surface area contributed by atoms with Crippen LogP contribution in [0.1, 0.15) is 43.0 Å². The van der Waals surface area contributed by atoms with Crippen LogP contribution in [0.4, 0.5) is 5.13 Å². The summed E-state index contributed by atoms with van der Waals surface area (Å²) in [5.41, 5.74) is 0. The molecule has 1 aromatic rings. The van der Waals surface area contributed by atoms with Gasteiger partial charge in [0.25, 0.3) is 0 Å². The van der Waals surface area contributed by atoms with Crippen molar-refractivity contribution in [3.63, 3.8) is 0 Å². The van der Waals surface area contributed by atoms with Crippen LogP contribution < -0.4 is 10.5 Å². The Bertz CT molecular complexity index is 376. The van der Waals surface area contributed by atoms with Crippen molar-refractivity contribution in [2.24, 2.45) is 5.14 Å². The van der Waals surface area contributed by atoms with Crippen LogP contribution in [-0.2, 0) is 4.79 Å². The summed E-state index contributed by atoms with van der Waals surface area (Å²) in [6.07, 6.45) is 6.26. The molecular weight excluding hydrogens is 256 g/mol. The fourth-order valence-electron chi connectivity index (χ4n) is 2.03. The fourth-order valence-corrected chi connectivity index (χ4v) is 3.18. The molecule has 5 nitrogen and oxygen atoms in total. The highest BCUT2D eigenvalue weighted by Crippen LogP contribution is 2.35. The van der Waals surface area contributed by atoms with Crippen LogP contribution >= 0.6 is 23.3 Å². The van der Waals surface area contributed by atoms with Gasteiger partial charge in [0.15, 0.2) is 0 Å². The molecule has 0 unspecified atom stereocenters. The van der Waals surface area contributed by atoms with Crippen molar-refractivity contribution in [3.8, 4) is 0 Å². The van der Waals surface area contributed by atoms with E-state index in [2.05, 4.69) is 15.5 Å². The summed E-state index contributed by atoms with van der Waals surface area (Å²) in [5, 5.41) is 17.7. The minimum atomic E-state index is -0.121. The van der Waals surface area contributed by atoms with Crippen LogP contribution in [0.3, 0.4) is 0 Å². The molecule has 7 heteroatoms. The zero-order chi connectivity index (χ0) is 12.1. The molecule has 1 aromatic heterocycles. The quantitative estimate of drug-likeness (QED) is 0.821. The summed E-state index contributed by atoms with van der Waals surface area (Å²) in [5.74, 6) is 0.665. The van der Waals surface area contributed by atoms with Gasteiger partial charge in [-0.05, 0) is 12.8 Å². The Morgan fingerprint density at radius 2 is 2.18 bits per heavy atom. The van der Waals surface area contributed by atoms with Gasteiger partial charge in [-0.25, -0.2) is 0 Å². The summed E-state index contributed by atoms with van der Waals surface area (Å²) >= 11 is 2.50. The molecule has 0 saturated heterocycles. The van der Waals surface area contributed by atoms with E-state index in [0.717, 1.165) is 17.0 Å². The molecule has 1 aliphatic carbocycles. The molecule has 17 heavy (non-hydrogen) atoms. The maximum absolute atomic E-state index is 11.3. The molecule has 1 heterocycles. The lowest BCUT2D eigenvalue weighted by molar-refractivity contribution is -0.113. The highest BCUT2D eigenvalue weighted by Gasteiger charge is 2.20. The second-order valence-corrected chi connectivity index (χ2v) is 5.77. The zero-order valence-electron chi connectivity index (χ0n) is 9.52. The van der Waals surface area contributed by atoms with E-state index in [4.69, 9.17) is 5.14 Å². The van der Waals surface area contributed by atoms with Crippen molar-refractivity contribution >= 4 is 34.3 Å². The second kappa shape index (κ2) is 6.32. The van der Waals surface area contributed by atoms with Gasteiger partial charge in [0.1, 0.15) is 5.01 Å². The third-order valence-electron chi connectivity index (χ3n) is 2.86. The van der Waals surface area contributed by atoms with Gasteiger partial charge in [-0.3, -0.25) is 15.3 Å². The third kappa shape index (κ3) is 3.65. The molecule has 1 amide bonds. The molecule has 3 N–H and O–H groups in total. The molecule has 1 fully saturated rings. The first-order chi connectivity index (χ1) is 8.29. The van der Waals surface area contributed by atoms with Crippen molar-refractivity contribution < 1.29 is 4.79 Å². The van der Waals surface area contributed by atoms with E-state index < -0.39 is 0 Å². The summed E-state index contributed by atoms with van der Waals surface area (Å²) < 4.78 is 0. The van der Waals surface area contributed by atoms with Crippen molar-refractivity contribution in [1.82, 2.24) is 10.2 Å². The second-order valence-electron chi connectivity index (χ2n) is 4.14. The van der Waals surface area contributed by atoms with Gasteiger partial charge >= 0.3 is 0 Å². The Morgan fingerprint density at radius 1 is 1.41 bits per heavy atom. The molecule has 0 aliphatic heterocycles. The normalized spacial score (nSPS) is 17.0. The standard InChI is InChI=1S/C10H16N4OS2/c11-16-6-8(15)12-10-14-13-9(17-10)7-4-2-1-3-5-7/h7H,1-6,11H2,(H,12,14,15). The number of hydrogen-bond donors (Lipinski definition) is 2. The van der Waals surface area contributed by atoms with Gasteiger partial charge in [0, 0.05) is 5.92 Å². The van der Waals surface area contributed by atoms with Crippen LogP contribution in [0.25, 0.3) is 0 Å². The molecule has 94 valence electrons. The third-order valence-corrected chi connectivity index (χ3v) is 4.29. The van der Waals surface area contributed by atoms with Crippen LogP contribution in [0.5, 0.6) is 0 Å². The number of amides is 1. The van der Waals surface area contributed by atoms with E-state index in [9.17, 15) is 4.79 Å². The van der Waals surface area contributed by atoms with Crippen molar-refractivity contribution in [2.45, 2.75) is 38.0 Å². The maximum atomic E-state index is 11.3. The molecule has 0 atom stereocenters. The Kier molecular flexibility index (Phi) is 4.75. The van der Waals surface area contributed by atoms with Gasteiger partial charge in [-0.15, -0.1) is 10.2 Å².